The van der Waals surface area contributed by atoms with Crippen molar-refractivity contribution in [3.63, 3.8) is 0 Å². The molecule has 0 aromatic heterocycles. The summed E-state index contributed by atoms with van der Waals surface area (Å²) in [7, 11) is 1.64. The van der Waals surface area contributed by atoms with Gasteiger partial charge in [0.25, 0.3) is 0 Å². The average molecular weight is 345 g/mol. The van der Waals surface area contributed by atoms with Gasteiger partial charge in [-0.2, -0.15) is 0 Å². The smallest absolute Gasteiger partial charge is 0.197 e. The van der Waals surface area contributed by atoms with Crippen LogP contribution in [0, 0.1) is 23.8 Å². The molecule has 0 aliphatic heterocycles. The minimum absolute atomic E-state index is 0.00836. The SMILES string of the molecule is COc1ccc(C23CC4CC(CC(C4)C2)C3)cc1C(=O)c1[c]cccc1. The van der Waals surface area contributed by atoms with Crippen molar-refractivity contribution in [2.24, 2.45) is 17.8 Å². The molecular weight excluding hydrogens is 320 g/mol. The monoisotopic (exact) mass is 345 g/mol. The van der Waals surface area contributed by atoms with Gasteiger partial charge in [-0.05, 0) is 85.5 Å². The number of benzene rings is 2. The topological polar surface area (TPSA) is 26.3 Å². The van der Waals surface area contributed by atoms with Crippen molar-refractivity contribution < 1.29 is 9.53 Å². The lowest BCUT2D eigenvalue weighted by atomic mass is 9.48. The van der Waals surface area contributed by atoms with Crippen molar-refractivity contribution in [1.82, 2.24) is 0 Å². The zero-order valence-corrected chi connectivity index (χ0v) is 15.3. The van der Waals surface area contributed by atoms with Crippen molar-refractivity contribution >= 4 is 5.78 Å². The number of hydrogen-bond donors (Lipinski definition) is 0. The van der Waals surface area contributed by atoms with Crippen molar-refractivity contribution in [2.45, 2.75) is 43.9 Å². The molecule has 4 aliphatic rings. The first-order valence-electron chi connectivity index (χ1n) is 9.87. The summed E-state index contributed by atoms with van der Waals surface area (Å²) in [5, 5.41) is 0. The molecule has 0 N–H and O–H groups in total. The molecule has 0 amide bonds. The molecule has 4 aliphatic carbocycles. The Kier molecular flexibility index (Phi) is 3.70. The van der Waals surface area contributed by atoms with E-state index in [1.54, 1.807) is 13.2 Å². The summed E-state index contributed by atoms with van der Waals surface area (Å²) in [6.07, 6.45) is 8.20. The standard InChI is InChI=1S/C24H25O2/c1-26-22-8-7-20(12-21(22)23(25)19-5-3-2-4-6-19)24-13-16-9-17(14-24)11-18(10-16)15-24/h2-5,7-8,12,16-18H,9-11,13-15H2,1H3. The van der Waals surface area contributed by atoms with E-state index in [4.69, 9.17) is 4.74 Å². The summed E-state index contributed by atoms with van der Waals surface area (Å²) in [4.78, 5) is 13.1. The Bertz CT molecular complexity index is 801. The number of carbonyl (C=O) groups is 1. The van der Waals surface area contributed by atoms with Crippen molar-refractivity contribution in [2.75, 3.05) is 7.11 Å². The van der Waals surface area contributed by atoms with E-state index in [1.165, 1.54) is 44.1 Å². The van der Waals surface area contributed by atoms with Gasteiger partial charge in [-0.1, -0.05) is 30.3 Å². The molecule has 6 rings (SSSR count). The van der Waals surface area contributed by atoms with E-state index in [1.807, 2.05) is 24.3 Å². The first kappa shape index (κ1) is 16.1. The number of ether oxygens (including phenoxy) is 1. The first-order valence-corrected chi connectivity index (χ1v) is 9.87. The van der Waals surface area contributed by atoms with Gasteiger partial charge in [0.1, 0.15) is 5.75 Å². The van der Waals surface area contributed by atoms with Gasteiger partial charge in [0.2, 0.25) is 0 Å². The van der Waals surface area contributed by atoms with Gasteiger partial charge in [0.05, 0.1) is 12.7 Å². The number of ketones is 1. The quantitative estimate of drug-likeness (QED) is 0.713. The Hall–Kier alpha value is -2.09. The summed E-state index contributed by atoms with van der Waals surface area (Å²) in [6.45, 7) is 0. The van der Waals surface area contributed by atoms with Crippen molar-refractivity contribution in [1.29, 1.82) is 0 Å². The summed E-state index contributed by atoms with van der Waals surface area (Å²) in [5.41, 5.74) is 2.93. The highest BCUT2D eigenvalue weighted by Crippen LogP contribution is 2.60. The van der Waals surface area contributed by atoms with E-state index in [2.05, 4.69) is 18.2 Å². The normalized spacial score (nSPS) is 31.8. The second kappa shape index (κ2) is 5.97. The third-order valence-electron chi connectivity index (χ3n) is 7.05. The minimum Gasteiger partial charge on any atom is -0.496 e. The van der Waals surface area contributed by atoms with Crippen LogP contribution in [0.2, 0.25) is 0 Å². The van der Waals surface area contributed by atoms with E-state index < -0.39 is 0 Å². The van der Waals surface area contributed by atoms with Crippen molar-refractivity contribution in [3.8, 4) is 5.75 Å². The molecule has 2 aromatic carbocycles. The van der Waals surface area contributed by atoms with E-state index in [0.717, 1.165) is 17.8 Å². The van der Waals surface area contributed by atoms with Crippen LogP contribution in [-0.2, 0) is 5.41 Å². The molecule has 0 spiro atoms. The molecule has 2 aromatic rings. The summed E-state index contributed by atoms with van der Waals surface area (Å²) >= 11 is 0. The predicted molar refractivity (Wildman–Crippen MR) is 102 cm³/mol. The van der Waals surface area contributed by atoms with Crippen LogP contribution in [0.1, 0.15) is 60.0 Å². The average Bonchev–Trinajstić information content (AvgIpc) is 2.66. The molecule has 4 fully saturated rings. The lowest BCUT2D eigenvalue weighted by molar-refractivity contribution is -0.00521. The predicted octanol–water partition coefficient (Wildman–Crippen LogP) is 5.19. The van der Waals surface area contributed by atoms with Crippen LogP contribution < -0.4 is 4.74 Å². The molecule has 4 saturated carbocycles. The fraction of sp³-hybridized carbons (Fsp3) is 0.458. The maximum absolute atomic E-state index is 13.1. The summed E-state index contributed by atoms with van der Waals surface area (Å²) in [5.74, 6) is 3.36. The van der Waals surface area contributed by atoms with E-state index in [0.29, 0.717) is 16.9 Å². The summed E-state index contributed by atoms with van der Waals surface area (Å²) < 4.78 is 5.53. The Balaban J connectivity index is 1.56. The number of carbonyl (C=O) groups excluding carboxylic acids is 1. The van der Waals surface area contributed by atoms with E-state index in [-0.39, 0.29) is 11.2 Å². The third-order valence-corrected chi connectivity index (χ3v) is 7.05. The third kappa shape index (κ3) is 2.50. The highest BCUT2D eigenvalue weighted by Gasteiger charge is 2.51. The van der Waals surface area contributed by atoms with Crippen LogP contribution in [0.3, 0.4) is 0 Å². The zero-order valence-electron chi connectivity index (χ0n) is 15.3. The maximum atomic E-state index is 13.1. The van der Waals surface area contributed by atoms with Gasteiger partial charge >= 0.3 is 0 Å². The van der Waals surface area contributed by atoms with Crippen molar-refractivity contribution in [3.05, 3.63) is 65.2 Å². The van der Waals surface area contributed by atoms with Crippen LogP contribution in [-0.4, -0.2) is 12.9 Å². The zero-order chi connectivity index (χ0) is 17.7. The molecule has 2 heteroatoms. The molecule has 2 nitrogen and oxygen atoms in total. The highest BCUT2D eigenvalue weighted by atomic mass is 16.5. The molecule has 0 heterocycles. The largest absolute Gasteiger partial charge is 0.496 e. The fourth-order valence-corrected chi connectivity index (χ4v) is 6.36. The number of hydrogen-bond acceptors (Lipinski definition) is 2. The van der Waals surface area contributed by atoms with Gasteiger partial charge in [-0.3, -0.25) is 4.79 Å². The van der Waals surface area contributed by atoms with Gasteiger partial charge < -0.3 is 4.74 Å². The second-order valence-electron chi connectivity index (χ2n) is 8.72. The van der Waals surface area contributed by atoms with Crippen LogP contribution in [0.25, 0.3) is 0 Å². The molecule has 0 atom stereocenters. The van der Waals surface area contributed by atoms with Crippen LogP contribution in [0.5, 0.6) is 5.75 Å². The molecule has 0 unspecified atom stereocenters. The molecule has 1 radical (unpaired) electrons. The van der Waals surface area contributed by atoms with Gasteiger partial charge in [0.15, 0.2) is 5.78 Å². The Morgan fingerprint density at radius 2 is 1.73 bits per heavy atom. The first-order chi connectivity index (χ1) is 12.7. The maximum Gasteiger partial charge on any atom is 0.197 e. The van der Waals surface area contributed by atoms with E-state index in [9.17, 15) is 4.79 Å². The lowest BCUT2D eigenvalue weighted by Crippen LogP contribution is -2.48. The second-order valence-corrected chi connectivity index (χ2v) is 8.72. The van der Waals surface area contributed by atoms with Crippen LogP contribution >= 0.6 is 0 Å². The minimum atomic E-state index is 0.00836. The molecule has 0 saturated heterocycles. The fourth-order valence-electron chi connectivity index (χ4n) is 6.36. The van der Waals surface area contributed by atoms with Gasteiger partial charge in [0, 0.05) is 5.56 Å². The Morgan fingerprint density at radius 1 is 1.04 bits per heavy atom. The van der Waals surface area contributed by atoms with E-state index >= 15 is 0 Å². The Morgan fingerprint density at radius 3 is 2.31 bits per heavy atom. The van der Waals surface area contributed by atoms with Crippen LogP contribution in [0.4, 0.5) is 0 Å². The Labute approximate surface area is 155 Å². The van der Waals surface area contributed by atoms with Gasteiger partial charge in [-0.25, -0.2) is 0 Å². The molecule has 26 heavy (non-hydrogen) atoms. The molecule has 4 bridgehead atoms. The van der Waals surface area contributed by atoms with Crippen LogP contribution in [0.15, 0.2) is 42.5 Å². The van der Waals surface area contributed by atoms with Gasteiger partial charge in [-0.15, -0.1) is 0 Å². The number of rotatable bonds is 4. The lowest BCUT2D eigenvalue weighted by Gasteiger charge is -2.57. The highest BCUT2D eigenvalue weighted by molar-refractivity contribution is 6.10. The summed E-state index contributed by atoms with van der Waals surface area (Å²) in [6, 6.07) is 16.8. The molecular formula is C24H25O2. The number of methoxy groups -OCH3 is 1. The molecule has 133 valence electrons.